The summed E-state index contributed by atoms with van der Waals surface area (Å²) in [4.78, 5) is 21.1. The molecule has 2 saturated heterocycles. The maximum atomic E-state index is 12.6. The van der Waals surface area contributed by atoms with Crippen LogP contribution in [0, 0.1) is 0 Å². The minimum Gasteiger partial charge on any atom is -0.378 e. The minimum absolute atomic E-state index is 0.00887. The van der Waals surface area contributed by atoms with Crippen molar-refractivity contribution >= 4 is 5.91 Å². The predicted molar refractivity (Wildman–Crippen MR) is 96.5 cm³/mol. The number of hydrogen-bond acceptors (Lipinski definition) is 5. The van der Waals surface area contributed by atoms with Gasteiger partial charge in [0.05, 0.1) is 24.9 Å². The summed E-state index contributed by atoms with van der Waals surface area (Å²) in [5.41, 5.74) is 2.75. The number of ether oxygens (including phenoxy) is 1. The van der Waals surface area contributed by atoms with Crippen LogP contribution in [0.1, 0.15) is 47.1 Å². The maximum Gasteiger partial charge on any atom is 0.274 e. The molecule has 2 aromatic rings. The van der Waals surface area contributed by atoms with Crippen molar-refractivity contribution in [3.05, 3.63) is 47.5 Å². The number of carbonyl (C=O) groups excluding carboxylic acids is 1. The number of morpholine rings is 1. The van der Waals surface area contributed by atoms with Crippen molar-refractivity contribution in [1.29, 1.82) is 0 Å². The largest absolute Gasteiger partial charge is 0.378 e. The van der Waals surface area contributed by atoms with E-state index < -0.39 is 0 Å². The number of aromatic nitrogens is 3. The van der Waals surface area contributed by atoms with E-state index in [0.29, 0.717) is 32.0 Å². The lowest BCUT2D eigenvalue weighted by molar-refractivity contribution is 0.0299. The molecule has 7 nitrogen and oxygen atoms in total. The van der Waals surface area contributed by atoms with E-state index in [1.54, 1.807) is 6.20 Å². The van der Waals surface area contributed by atoms with E-state index in [-0.39, 0.29) is 11.9 Å². The lowest BCUT2D eigenvalue weighted by Crippen LogP contribution is -2.40. The van der Waals surface area contributed by atoms with E-state index >= 15 is 0 Å². The van der Waals surface area contributed by atoms with Gasteiger partial charge >= 0.3 is 0 Å². The second kappa shape index (κ2) is 7.97. The number of likely N-dealkylation sites (tertiary alicyclic amines) is 1. The summed E-state index contributed by atoms with van der Waals surface area (Å²) in [6.07, 6.45) is 7.19. The zero-order valence-electron chi connectivity index (χ0n) is 14.9. The van der Waals surface area contributed by atoms with E-state index in [1.165, 1.54) is 18.4 Å². The van der Waals surface area contributed by atoms with Gasteiger partial charge in [0.1, 0.15) is 5.69 Å². The first-order chi connectivity index (χ1) is 12.8. The molecule has 2 aromatic heterocycles. The Morgan fingerprint density at radius 1 is 1.27 bits per heavy atom. The van der Waals surface area contributed by atoms with E-state index in [4.69, 9.17) is 4.74 Å². The molecular weight excluding hydrogens is 330 g/mol. The lowest BCUT2D eigenvalue weighted by Gasteiger charge is -2.35. The number of nitrogens with zero attached hydrogens (tertiary/aromatic N) is 4. The van der Waals surface area contributed by atoms with E-state index in [2.05, 4.69) is 26.1 Å². The van der Waals surface area contributed by atoms with E-state index in [1.807, 2.05) is 23.2 Å². The molecule has 0 aliphatic carbocycles. The van der Waals surface area contributed by atoms with Crippen molar-refractivity contribution in [3.8, 4) is 0 Å². The first-order valence-electron chi connectivity index (χ1n) is 9.36. The summed E-state index contributed by atoms with van der Waals surface area (Å²) < 4.78 is 5.32. The van der Waals surface area contributed by atoms with Gasteiger partial charge in [-0.3, -0.25) is 19.8 Å². The standard InChI is InChI=1S/C19H25N5O2/c25-19(23-8-10-26-11-9-23)17-12-16(21-22-17)18-5-1-2-7-24(18)14-15-4-3-6-20-13-15/h3-4,6,12-13,18H,1-2,5,7-11,14H2,(H,21,22)/t18-/m0/s1. The van der Waals surface area contributed by atoms with Gasteiger partial charge in [0, 0.05) is 32.0 Å². The van der Waals surface area contributed by atoms with Crippen molar-refractivity contribution in [3.63, 3.8) is 0 Å². The number of H-pyrrole nitrogens is 1. The molecule has 0 unspecified atom stereocenters. The Balaban J connectivity index is 1.48. The van der Waals surface area contributed by atoms with Gasteiger partial charge in [0.2, 0.25) is 0 Å². The van der Waals surface area contributed by atoms with Crippen LogP contribution in [0.25, 0.3) is 0 Å². The van der Waals surface area contributed by atoms with Crippen molar-refractivity contribution in [2.45, 2.75) is 31.8 Å². The number of piperidine rings is 1. The van der Waals surface area contributed by atoms with Gasteiger partial charge in [-0.25, -0.2) is 0 Å². The lowest BCUT2D eigenvalue weighted by atomic mass is 9.98. The topological polar surface area (TPSA) is 74.4 Å². The highest BCUT2D eigenvalue weighted by molar-refractivity contribution is 5.92. The number of hydrogen-bond donors (Lipinski definition) is 1. The van der Waals surface area contributed by atoms with Gasteiger partial charge < -0.3 is 9.64 Å². The maximum absolute atomic E-state index is 12.6. The van der Waals surface area contributed by atoms with Gasteiger partial charge in [-0.2, -0.15) is 5.10 Å². The number of carbonyl (C=O) groups is 1. The van der Waals surface area contributed by atoms with E-state index in [0.717, 1.165) is 25.2 Å². The molecule has 2 fully saturated rings. The Hall–Kier alpha value is -2.25. The molecule has 0 radical (unpaired) electrons. The summed E-state index contributed by atoms with van der Waals surface area (Å²) >= 11 is 0. The average Bonchev–Trinajstić information content (AvgIpc) is 3.19. The van der Waals surface area contributed by atoms with Crippen LogP contribution in [-0.4, -0.2) is 63.7 Å². The molecule has 0 bridgehead atoms. The Labute approximate surface area is 153 Å². The first-order valence-corrected chi connectivity index (χ1v) is 9.36. The molecule has 2 aliphatic rings. The fourth-order valence-electron chi connectivity index (χ4n) is 3.80. The summed E-state index contributed by atoms with van der Waals surface area (Å²) in [5.74, 6) is -0.00887. The minimum atomic E-state index is -0.00887. The zero-order valence-corrected chi connectivity index (χ0v) is 14.9. The predicted octanol–water partition coefficient (Wildman–Crippen LogP) is 2.00. The highest BCUT2D eigenvalue weighted by atomic mass is 16.5. The average molecular weight is 355 g/mol. The molecule has 4 rings (SSSR count). The monoisotopic (exact) mass is 355 g/mol. The number of aromatic amines is 1. The van der Waals surface area contributed by atoms with Crippen LogP contribution in [0.2, 0.25) is 0 Å². The summed E-state index contributed by atoms with van der Waals surface area (Å²) in [7, 11) is 0. The normalized spacial score (nSPS) is 21.7. The zero-order chi connectivity index (χ0) is 17.8. The quantitative estimate of drug-likeness (QED) is 0.908. The van der Waals surface area contributed by atoms with Crippen LogP contribution in [0.4, 0.5) is 0 Å². The van der Waals surface area contributed by atoms with E-state index in [9.17, 15) is 4.79 Å². The molecule has 0 spiro atoms. The number of nitrogens with one attached hydrogen (secondary N) is 1. The van der Waals surface area contributed by atoms with Gasteiger partial charge in [-0.05, 0) is 37.1 Å². The highest BCUT2D eigenvalue weighted by Crippen LogP contribution is 2.31. The number of pyridine rings is 1. The second-order valence-corrected chi connectivity index (χ2v) is 6.96. The number of rotatable bonds is 4. The third-order valence-corrected chi connectivity index (χ3v) is 5.20. The van der Waals surface area contributed by atoms with Gasteiger partial charge in [-0.15, -0.1) is 0 Å². The third-order valence-electron chi connectivity index (χ3n) is 5.20. The molecule has 2 aliphatic heterocycles. The van der Waals surface area contributed by atoms with Crippen molar-refractivity contribution in [2.24, 2.45) is 0 Å². The molecule has 138 valence electrons. The van der Waals surface area contributed by atoms with Crippen LogP contribution in [0.5, 0.6) is 0 Å². The third kappa shape index (κ3) is 3.78. The van der Waals surface area contributed by atoms with Gasteiger partial charge in [0.15, 0.2) is 0 Å². The van der Waals surface area contributed by atoms with Crippen molar-refractivity contribution in [2.75, 3.05) is 32.8 Å². The Morgan fingerprint density at radius 2 is 2.15 bits per heavy atom. The van der Waals surface area contributed by atoms with Crippen LogP contribution >= 0.6 is 0 Å². The summed E-state index contributed by atoms with van der Waals surface area (Å²) in [5, 5.41) is 7.44. The molecule has 1 atom stereocenters. The molecular formula is C19H25N5O2. The molecule has 1 amide bonds. The number of amides is 1. The Morgan fingerprint density at radius 3 is 2.96 bits per heavy atom. The summed E-state index contributed by atoms with van der Waals surface area (Å²) in [6, 6.07) is 6.29. The SMILES string of the molecule is O=C(c1cc([C@@H]2CCCCN2Cc2cccnc2)[nH]n1)N1CCOCC1. The Kier molecular flexibility index (Phi) is 5.26. The van der Waals surface area contributed by atoms with Crippen LogP contribution in [-0.2, 0) is 11.3 Å². The summed E-state index contributed by atoms with van der Waals surface area (Å²) in [6.45, 7) is 4.39. The molecule has 0 saturated carbocycles. The fourth-order valence-corrected chi connectivity index (χ4v) is 3.80. The molecule has 7 heteroatoms. The molecule has 26 heavy (non-hydrogen) atoms. The van der Waals surface area contributed by atoms with Crippen LogP contribution in [0.15, 0.2) is 30.6 Å². The molecule has 4 heterocycles. The fraction of sp³-hybridized carbons (Fsp3) is 0.526. The van der Waals surface area contributed by atoms with Gasteiger partial charge in [0.25, 0.3) is 5.91 Å². The second-order valence-electron chi connectivity index (χ2n) is 6.96. The highest BCUT2D eigenvalue weighted by Gasteiger charge is 2.28. The van der Waals surface area contributed by atoms with Crippen molar-refractivity contribution in [1.82, 2.24) is 25.0 Å². The van der Waals surface area contributed by atoms with Gasteiger partial charge in [-0.1, -0.05) is 12.5 Å². The molecule has 1 N–H and O–H groups in total. The van der Waals surface area contributed by atoms with Crippen LogP contribution in [0.3, 0.4) is 0 Å². The smallest absolute Gasteiger partial charge is 0.274 e. The first kappa shape index (κ1) is 17.2. The van der Waals surface area contributed by atoms with Crippen LogP contribution < -0.4 is 0 Å². The molecule has 0 aromatic carbocycles. The Bertz CT molecular complexity index is 727. The van der Waals surface area contributed by atoms with Crippen molar-refractivity contribution < 1.29 is 9.53 Å².